The smallest absolute Gasteiger partial charge is 0.272 e. The number of aliphatic hydroxyl groups is 1. The van der Waals surface area contributed by atoms with Gasteiger partial charge in [-0.25, -0.2) is 0 Å². The summed E-state index contributed by atoms with van der Waals surface area (Å²) in [5.41, 5.74) is 2.83. The van der Waals surface area contributed by atoms with Crippen molar-refractivity contribution in [2.75, 3.05) is 32.0 Å². The number of hydrogen-bond acceptors (Lipinski definition) is 5. The van der Waals surface area contributed by atoms with Crippen LogP contribution in [-0.4, -0.2) is 53.2 Å². The van der Waals surface area contributed by atoms with Crippen LogP contribution in [0.3, 0.4) is 0 Å². The first-order valence-corrected chi connectivity index (χ1v) is 10.7. The number of nitrogens with zero attached hydrogens (tertiary/aromatic N) is 2. The molecule has 0 spiro atoms. The van der Waals surface area contributed by atoms with Gasteiger partial charge in [-0.1, -0.05) is 19.4 Å². The predicted molar refractivity (Wildman–Crippen MR) is 113 cm³/mol. The minimum atomic E-state index is -0.561. The Morgan fingerprint density at radius 2 is 2.07 bits per heavy atom. The lowest BCUT2D eigenvalue weighted by Gasteiger charge is -2.38. The monoisotopic (exact) mass is 386 g/mol. The van der Waals surface area contributed by atoms with Crippen molar-refractivity contribution < 1.29 is 9.90 Å². The quantitative estimate of drug-likeness (QED) is 0.639. The maximum Gasteiger partial charge on any atom is 0.272 e. The third-order valence-corrected chi connectivity index (χ3v) is 5.94. The van der Waals surface area contributed by atoms with Crippen molar-refractivity contribution in [3.8, 4) is 0 Å². The summed E-state index contributed by atoms with van der Waals surface area (Å²) in [6, 6.07) is 1.86. The molecule has 2 heterocycles. The van der Waals surface area contributed by atoms with Gasteiger partial charge >= 0.3 is 0 Å². The number of carbonyl (C=O) groups is 1. The molecule has 1 aliphatic carbocycles. The lowest BCUT2D eigenvalue weighted by Crippen LogP contribution is -2.48. The zero-order valence-corrected chi connectivity index (χ0v) is 17.4. The van der Waals surface area contributed by atoms with E-state index in [9.17, 15) is 9.90 Å². The summed E-state index contributed by atoms with van der Waals surface area (Å²) in [6.45, 7) is 6.17. The first-order valence-electron chi connectivity index (χ1n) is 10.7. The Hall–Kier alpha value is -2.08. The predicted octanol–water partition coefficient (Wildman–Crippen LogP) is 3.25. The van der Waals surface area contributed by atoms with Gasteiger partial charge in [0.25, 0.3) is 5.91 Å². The van der Waals surface area contributed by atoms with E-state index in [4.69, 9.17) is 0 Å². The van der Waals surface area contributed by atoms with Crippen LogP contribution < -0.4 is 10.6 Å². The van der Waals surface area contributed by atoms with Crippen molar-refractivity contribution >= 4 is 17.3 Å². The molecule has 6 heteroatoms. The minimum absolute atomic E-state index is 0.0490. The molecular formula is C22H34N4O2. The average molecular weight is 387 g/mol. The van der Waals surface area contributed by atoms with E-state index in [1.54, 1.807) is 6.20 Å². The Morgan fingerprint density at radius 3 is 2.64 bits per heavy atom. The molecule has 0 radical (unpaired) electrons. The molecule has 0 unspecified atom stereocenters. The van der Waals surface area contributed by atoms with Crippen molar-refractivity contribution in [1.82, 2.24) is 15.2 Å². The second-order valence-corrected chi connectivity index (χ2v) is 7.97. The normalized spacial score (nSPS) is 19.4. The Balaban J connectivity index is 1.76. The molecule has 1 aromatic rings. The van der Waals surface area contributed by atoms with Crippen LogP contribution in [0.15, 0.2) is 18.3 Å². The van der Waals surface area contributed by atoms with Crippen LogP contribution in [0.25, 0.3) is 5.70 Å². The molecule has 2 fully saturated rings. The van der Waals surface area contributed by atoms with Crippen molar-refractivity contribution in [3.05, 3.63) is 29.6 Å². The molecule has 3 rings (SSSR count). The number of hydrogen-bond donors (Lipinski definition) is 3. The van der Waals surface area contributed by atoms with Gasteiger partial charge in [-0.3, -0.25) is 9.78 Å². The van der Waals surface area contributed by atoms with Gasteiger partial charge in [0.1, 0.15) is 5.69 Å². The van der Waals surface area contributed by atoms with E-state index in [0.717, 1.165) is 49.2 Å². The minimum Gasteiger partial charge on any atom is -0.389 e. The summed E-state index contributed by atoms with van der Waals surface area (Å²) in [6.07, 6.45) is 9.61. The number of rotatable bonds is 8. The van der Waals surface area contributed by atoms with E-state index < -0.39 is 5.60 Å². The van der Waals surface area contributed by atoms with Crippen molar-refractivity contribution in [1.29, 1.82) is 0 Å². The highest BCUT2D eigenvalue weighted by atomic mass is 16.3. The van der Waals surface area contributed by atoms with Gasteiger partial charge < -0.3 is 20.6 Å². The van der Waals surface area contributed by atoms with E-state index >= 15 is 0 Å². The van der Waals surface area contributed by atoms with Gasteiger partial charge in [-0.2, -0.15) is 0 Å². The van der Waals surface area contributed by atoms with Crippen LogP contribution in [0, 0.1) is 5.92 Å². The Morgan fingerprint density at radius 1 is 1.36 bits per heavy atom. The summed E-state index contributed by atoms with van der Waals surface area (Å²) in [7, 11) is 1.91. The fourth-order valence-electron chi connectivity index (χ4n) is 4.05. The summed E-state index contributed by atoms with van der Waals surface area (Å²) in [4.78, 5) is 19.3. The molecule has 28 heavy (non-hydrogen) atoms. The molecule has 6 nitrogen and oxygen atoms in total. The zero-order valence-electron chi connectivity index (χ0n) is 17.4. The maximum atomic E-state index is 13.0. The van der Waals surface area contributed by atoms with E-state index in [1.807, 2.05) is 24.9 Å². The molecule has 1 aromatic heterocycles. The third kappa shape index (κ3) is 4.49. The Bertz CT molecular complexity index is 719. The standard InChI is InChI=1S/C22H34N4O2/c1-4-6-7-18(23-3)17-15-25-20(14-19(17)24-5-2)21(27)26-12-10-22(28,11-13-26)16-8-9-16/h7,14-16,23,28H,4-6,8-13H2,1-3H3,(H,24,25)/b18-7+. The largest absolute Gasteiger partial charge is 0.389 e. The molecule has 3 N–H and O–H groups in total. The maximum absolute atomic E-state index is 13.0. The van der Waals surface area contributed by atoms with E-state index in [0.29, 0.717) is 37.5 Å². The second-order valence-electron chi connectivity index (χ2n) is 7.97. The third-order valence-electron chi connectivity index (χ3n) is 5.94. The summed E-state index contributed by atoms with van der Waals surface area (Å²) >= 11 is 0. The molecule has 154 valence electrons. The molecule has 1 amide bonds. The molecule has 2 aliphatic rings. The summed E-state index contributed by atoms with van der Waals surface area (Å²) < 4.78 is 0. The van der Waals surface area contributed by atoms with Gasteiger partial charge in [0.05, 0.1) is 5.60 Å². The number of nitrogens with one attached hydrogen (secondary N) is 2. The van der Waals surface area contributed by atoms with Crippen LogP contribution in [-0.2, 0) is 0 Å². The molecule has 1 aliphatic heterocycles. The fourth-order valence-corrected chi connectivity index (χ4v) is 4.05. The fraction of sp³-hybridized carbons (Fsp3) is 0.636. The lowest BCUT2D eigenvalue weighted by molar-refractivity contribution is -0.0340. The SMILES string of the molecule is CCC/C=C(/NC)c1cnc(C(=O)N2CCC(O)(C3CC3)CC2)cc1NCC. The molecule has 0 atom stereocenters. The van der Waals surface area contributed by atoms with Crippen LogP contribution in [0.4, 0.5) is 5.69 Å². The number of piperidine rings is 1. The molecule has 0 bridgehead atoms. The number of allylic oxidation sites excluding steroid dienone is 1. The number of pyridine rings is 1. The number of aromatic nitrogens is 1. The van der Waals surface area contributed by atoms with Crippen molar-refractivity contribution in [2.45, 2.75) is 58.0 Å². The highest BCUT2D eigenvalue weighted by Gasteiger charge is 2.46. The first-order chi connectivity index (χ1) is 13.5. The van der Waals surface area contributed by atoms with E-state index in [-0.39, 0.29) is 5.91 Å². The molecule has 1 saturated heterocycles. The van der Waals surface area contributed by atoms with E-state index in [2.05, 4.69) is 28.6 Å². The first kappa shape index (κ1) is 20.6. The summed E-state index contributed by atoms with van der Waals surface area (Å²) in [5.74, 6) is 0.393. The number of carbonyl (C=O) groups excluding carboxylic acids is 1. The number of amides is 1. The van der Waals surface area contributed by atoms with Crippen molar-refractivity contribution in [3.63, 3.8) is 0 Å². The van der Waals surface area contributed by atoms with E-state index in [1.165, 1.54) is 0 Å². The summed E-state index contributed by atoms with van der Waals surface area (Å²) in [5, 5.41) is 17.3. The van der Waals surface area contributed by atoms with Crippen molar-refractivity contribution in [2.24, 2.45) is 5.92 Å². The number of likely N-dealkylation sites (tertiary alicyclic amines) is 1. The zero-order chi connectivity index (χ0) is 20.1. The highest BCUT2D eigenvalue weighted by molar-refractivity contribution is 5.94. The molecular weight excluding hydrogens is 352 g/mol. The average Bonchev–Trinajstić information content (AvgIpc) is 3.56. The number of anilines is 1. The van der Waals surface area contributed by atoms with Gasteiger partial charge in [0.15, 0.2) is 0 Å². The van der Waals surface area contributed by atoms with Gasteiger partial charge in [-0.15, -0.1) is 0 Å². The van der Waals surface area contributed by atoms with Gasteiger partial charge in [0, 0.05) is 49.8 Å². The molecule has 0 aromatic carbocycles. The van der Waals surface area contributed by atoms with Gasteiger partial charge in [0.2, 0.25) is 0 Å². The second kappa shape index (κ2) is 8.95. The Labute approximate surface area is 168 Å². The van der Waals surface area contributed by atoms with Gasteiger partial charge in [-0.05, 0) is 51.0 Å². The molecule has 1 saturated carbocycles. The number of unbranched alkanes of at least 4 members (excludes halogenated alkanes) is 1. The van der Waals surface area contributed by atoms with Crippen LogP contribution in [0.1, 0.15) is 68.4 Å². The topological polar surface area (TPSA) is 77.5 Å². The Kier molecular flexibility index (Phi) is 6.60. The van der Waals surface area contributed by atoms with Crippen LogP contribution in [0.2, 0.25) is 0 Å². The highest BCUT2D eigenvalue weighted by Crippen LogP contribution is 2.45. The van der Waals surface area contributed by atoms with Crippen LogP contribution >= 0.6 is 0 Å². The lowest BCUT2D eigenvalue weighted by atomic mass is 9.86. The van der Waals surface area contributed by atoms with Crippen LogP contribution in [0.5, 0.6) is 0 Å².